The molecule has 0 saturated heterocycles. The van der Waals surface area contributed by atoms with Crippen LogP contribution in [0.25, 0.3) is 11.1 Å². The molecule has 0 aliphatic heterocycles. The Labute approximate surface area is 154 Å². The van der Waals surface area contributed by atoms with Gasteiger partial charge in [-0.05, 0) is 54.0 Å². The lowest BCUT2D eigenvalue weighted by Gasteiger charge is -2.19. The molecule has 3 heteroatoms. The molecule has 1 fully saturated rings. The summed E-state index contributed by atoms with van der Waals surface area (Å²) in [6.07, 6.45) is 1.88. The van der Waals surface area contributed by atoms with Crippen molar-refractivity contribution in [3.05, 3.63) is 71.6 Å². The standard InChI is InChI=1S/C23H25FO2/c1-15(24)13-20-22(3,4)23(20,21(25)26)14-18-11-8-12-19(16(18)2)17-9-6-5-7-10-17/h5-13,20H,14H2,1-4H3,(H,25,26)/b15-13+. The second kappa shape index (κ2) is 6.39. The molecule has 1 saturated carbocycles. The summed E-state index contributed by atoms with van der Waals surface area (Å²) in [4.78, 5) is 12.2. The van der Waals surface area contributed by atoms with Crippen LogP contribution >= 0.6 is 0 Å². The van der Waals surface area contributed by atoms with E-state index in [0.717, 1.165) is 22.3 Å². The van der Waals surface area contributed by atoms with E-state index in [1.165, 1.54) is 13.0 Å². The van der Waals surface area contributed by atoms with E-state index < -0.39 is 16.8 Å². The highest BCUT2D eigenvalue weighted by Gasteiger charge is 2.74. The topological polar surface area (TPSA) is 37.3 Å². The highest BCUT2D eigenvalue weighted by Crippen LogP contribution is 2.71. The van der Waals surface area contributed by atoms with Crippen molar-refractivity contribution in [1.82, 2.24) is 0 Å². The predicted octanol–water partition coefficient (Wildman–Crippen LogP) is 5.80. The lowest BCUT2D eigenvalue weighted by Crippen LogP contribution is -2.24. The fourth-order valence-electron chi connectivity index (χ4n) is 4.40. The Bertz CT molecular complexity index is 863. The van der Waals surface area contributed by atoms with Crippen molar-refractivity contribution in [2.24, 2.45) is 16.7 Å². The minimum Gasteiger partial charge on any atom is -0.481 e. The van der Waals surface area contributed by atoms with Gasteiger partial charge in [0, 0.05) is 5.92 Å². The van der Waals surface area contributed by atoms with Gasteiger partial charge in [-0.2, -0.15) is 0 Å². The van der Waals surface area contributed by atoms with Crippen LogP contribution in [0.4, 0.5) is 4.39 Å². The third-order valence-electron chi connectivity index (χ3n) is 6.15. The van der Waals surface area contributed by atoms with Crippen LogP contribution in [0, 0.1) is 23.7 Å². The number of halogens is 1. The second-order valence-electron chi connectivity index (χ2n) is 7.86. The second-order valence-corrected chi connectivity index (χ2v) is 7.86. The van der Waals surface area contributed by atoms with Gasteiger partial charge in [-0.15, -0.1) is 0 Å². The minimum atomic E-state index is -0.972. The molecule has 26 heavy (non-hydrogen) atoms. The first-order valence-corrected chi connectivity index (χ1v) is 8.93. The molecule has 1 aliphatic carbocycles. The summed E-state index contributed by atoms with van der Waals surface area (Å²) in [5, 5.41) is 10.0. The molecule has 2 nitrogen and oxygen atoms in total. The summed E-state index contributed by atoms with van der Waals surface area (Å²) in [6, 6.07) is 16.1. The van der Waals surface area contributed by atoms with Gasteiger partial charge in [0.2, 0.25) is 0 Å². The molecule has 1 N–H and O–H groups in total. The van der Waals surface area contributed by atoms with Crippen LogP contribution in [-0.2, 0) is 11.2 Å². The lowest BCUT2D eigenvalue weighted by atomic mass is 9.85. The van der Waals surface area contributed by atoms with Crippen molar-refractivity contribution in [2.45, 2.75) is 34.1 Å². The minimum absolute atomic E-state index is 0.308. The fraction of sp³-hybridized carbons (Fsp3) is 0.348. The number of hydrogen-bond acceptors (Lipinski definition) is 1. The van der Waals surface area contributed by atoms with Crippen molar-refractivity contribution in [3.63, 3.8) is 0 Å². The van der Waals surface area contributed by atoms with Gasteiger partial charge < -0.3 is 5.11 Å². The predicted molar refractivity (Wildman–Crippen MR) is 103 cm³/mol. The van der Waals surface area contributed by atoms with E-state index in [0.29, 0.717) is 6.42 Å². The van der Waals surface area contributed by atoms with Crippen molar-refractivity contribution in [2.75, 3.05) is 0 Å². The fourth-order valence-corrected chi connectivity index (χ4v) is 4.40. The molecule has 0 spiro atoms. The van der Waals surface area contributed by atoms with Crippen LogP contribution < -0.4 is 0 Å². The molecule has 0 amide bonds. The zero-order valence-corrected chi connectivity index (χ0v) is 15.7. The van der Waals surface area contributed by atoms with E-state index in [9.17, 15) is 14.3 Å². The van der Waals surface area contributed by atoms with Gasteiger partial charge in [-0.25, -0.2) is 4.39 Å². The maximum absolute atomic E-state index is 13.5. The Kier molecular flexibility index (Phi) is 4.51. The summed E-state index contributed by atoms with van der Waals surface area (Å²) in [5.41, 5.74) is 2.86. The largest absolute Gasteiger partial charge is 0.481 e. The SMILES string of the molecule is C/C(F)=C\C1C(C)(C)C1(Cc1cccc(-c2ccccc2)c1C)C(=O)O. The first-order chi connectivity index (χ1) is 12.2. The number of benzene rings is 2. The van der Waals surface area contributed by atoms with Gasteiger partial charge in [0.15, 0.2) is 0 Å². The van der Waals surface area contributed by atoms with E-state index in [1.807, 2.05) is 51.1 Å². The summed E-state index contributed by atoms with van der Waals surface area (Å²) in [5.74, 6) is -1.48. The molecular weight excluding hydrogens is 327 g/mol. The zero-order valence-electron chi connectivity index (χ0n) is 15.7. The van der Waals surface area contributed by atoms with Crippen molar-refractivity contribution >= 4 is 5.97 Å². The number of rotatable bonds is 5. The third kappa shape index (κ3) is 2.76. The molecule has 2 aromatic rings. The van der Waals surface area contributed by atoms with Crippen LogP contribution in [-0.4, -0.2) is 11.1 Å². The summed E-state index contributed by atoms with van der Waals surface area (Å²) in [7, 11) is 0. The van der Waals surface area contributed by atoms with Gasteiger partial charge in [0.1, 0.15) is 0 Å². The number of carboxylic acid groups (broad SMARTS) is 1. The molecular formula is C23H25FO2. The average molecular weight is 352 g/mol. The molecule has 0 radical (unpaired) electrons. The normalized spacial score (nSPS) is 24.3. The molecule has 1 aliphatic rings. The summed E-state index contributed by atoms with van der Waals surface area (Å²) in [6.45, 7) is 7.25. The molecule has 2 atom stereocenters. The van der Waals surface area contributed by atoms with Gasteiger partial charge >= 0.3 is 5.97 Å². The molecule has 2 aromatic carbocycles. The van der Waals surface area contributed by atoms with Gasteiger partial charge in [-0.1, -0.05) is 62.4 Å². The molecule has 0 aromatic heterocycles. The Morgan fingerprint density at radius 1 is 1.15 bits per heavy atom. The van der Waals surface area contributed by atoms with Crippen molar-refractivity contribution in [1.29, 1.82) is 0 Å². The van der Waals surface area contributed by atoms with Crippen molar-refractivity contribution < 1.29 is 14.3 Å². The number of carbonyl (C=O) groups is 1. The maximum atomic E-state index is 13.5. The van der Waals surface area contributed by atoms with Gasteiger partial charge in [0.25, 0.3) is 0 Å². The van der Waals surface area contributed by atoms with Gasteiger partial charge in [0.05, 0.1) is 11.2 Å². The Hall–Kier alpha value is -2.42. The molecule has 3 rings (SSSR count). The Balaban J connectivity index is 2.03. The van der Waals surface area contributed by atoms with E-state index in [2.05, 4.69) is 18.2 Å². The molecule has 136 valence electrons. The van der Waals surface area contributed by atoms with E-state index >= 15 is 0 Å². The highest BCUT2D eigenvalue weighted by atomic mass is 19.1. The number of carboxylic acids is 1. The smallest absolute Gasteiger partial charge is 0.311 e. The number of allylic oxidation sites excluding steroid dienone is 2. The average Bonchev–Trinajstić information content (AvgIpc) is 3.05. The van der Waals surface area contributed by atoms with Crippen LogP contribution in [0.5, 0.6) is 0 Å². The first kappa shape index (κ1) is 18.4. The number of hydrogen-bond donors (Lipinski definition) is 1. The quantitative estimate of drug-likeness (QED) is 0.738. The lowest BCUT2D eigenvalue weighted by molar-refractivity contribution is -0.145. The maximum Gasteiger partial charge on any atom is 0.311 e. The molecule has 0 bridgehead atoms. The van der Waals surface area contributed by atoms with Crippen LogP contribution in [0.1, 0.15) is 31.9 Å². The summed E-state index contributed by atoms with van der Waals surface area (Å²) >= 11 is 0. The first-order valence-electron chi connectivity index (χ1n) is 8.93. The van der Waals surface area contributed by atoms with Crippen LogP contribution in [0.15, 0.2) is 60.4 Å². The Morgan fingerprint density at radius 3 is 2.38 bits per heavy atom. The van der Waals surface area contributed by atoms with Crippen LogP contribution in [0.3, 0.4) is 0 Å². The van der Waals surface area contributed by atoms with Crippen LogP contribution in [0.2, 0.25) is 0 Å². The third-order valence-corrected chi connectivity index (χ3v) is 6.15. The monoisotopic (exact) mass is 352 g/mol. The Morgan fingerprint density at radius 2 is 1.81 bits per heavy atom. The van der Waals surface area contributed by atoms with E-state index in [-0.39, 0.29) is 11.7 Å². The molecule has 0 heterocycles. The van der Waals surface area contributed by atoms with E-state index in [1.54, 1.807) is 0 Å². The number of aliphatic carboxylic acids is 1. The van der Waals surface area contributed by atoms with Crippen molar-refractivity contribution in [3.8, 4) is 11.1 Å². The zero-order chi connectivity index (χ0) is 19.1. The summed E-state index contributed by atoms with van der Waals surface area (Å²) < 4.78 is 13.5. The molecule has 2 unspecified atom stereocenters. The van der Waals surface area contributed by atoms with Gasteiger partial charge in [-0.3, -0.25) is 4.79 Å². The highest BCUT2D eigenvalue weighted by molar-refractivity contribution is 5.82. The van der Waals surface area contributed by atoms with E-state index in [4.69, 9.17) is 0 Å².